The minimum atomic E-state index is 0.0665. The highest BCUT2D eigenvalue weighted by Crippen LogP contribution is 2.43. The summed E-state index contributed by atoms with van der Waals surface area (Å²) in [4.78, 5) is 13.0. The van der Waals surface area contributed by atoms with Gasteiger partial charge in [0.15, 0.2) is 0 Å². The Balaban J connectivity index is 2.10. The molecule has 1 N–H and O–H groups in total. The number of ether oxygens (including phenoxy) is 1. The third-order valence-corrected chi connectivity index (χ3v) is 4.22. The molecule has 1 aromatic carbocycles. The number of thiophene rings is 1. The van der Waals surface area contributed by atoms with Crippen LogP contribution < -0.4 is 10.1 Å². The highest BCUT2D eigenvalue weighted by molar-refractivity contribution is 7.10. The van der Waals surface area contributed by atoms with Crippen molar-refractivity contribution in [1.29, 1.82) is 0 Å². The molecule has 0 aliphatic carbocycles. The van der Waals surface area contributed by atoms with E-state index in [-0.39, 0.29) is 11.8 Å². The van der Waals surface area contributed by atoms with Crippen molar-refractivity contribution < 1.29 is 9.53 Å². The van der Waals surface area contributed by atoms with E-state index in [4.69, 9.17) is 4.74 Å². The van der Waals surface area contributed by atoms with E-state index in [1.807, 2.05) is 35.7 Å². The normalized spacial score (nSPS) is 18.1. The first kappa shape index (κ1) is 11.3. The lowest BCUT2D eigenvalue weighted by molar-refractivity contribution is -0.116. The largest absolute Gasteiger partial charge is 0.496 e. The first-order valence-electron chi connectivity index (χ1n) is 5.79. The zero-order valence-electron chi connectivity index (χ0n) is 9.97. The van der Waals surface area contributed by atoms with Crippen LogP contribution in [0.15, 0.2) is 35.7 Å². The Morgan fingerprint density at radius 3 is 3.00 bits per heavy atom. The maximum absolute atomic E-state index is 11.8. The summed E-state index contributed by atoms with van der Waals surface area (Å²) >= 11 is 1.68. The van der Waals surface area contributed by atoms with Crippen molar-refractivity contribution in [2.75, 3.05) is 12.4 Å². The Morgan fingerprint density at radius 1 is 1.33 bits per heavy atom. The number of fused-ring (bicyclic) bond motifs is 1. The number of rotatable bonds is 2. The first-order valence-corrected chi connectivity index (χ1v) is 6.67. The average molecular weight is 259 g/mol. The van der Waals surface area contributed by atoms with Crippen molar-refractivity contribution in [1.82, 2.24) is 0 Å². The standard InChI is InChI=1S/C14H13NO2S/c1-17-12-5-3-2-4-9(12)10-8-13(16)15-11-6-7-18-14(10)11/h2-7,10H,8H2,1H3,(H,15,16)/t10-/m1/s1. The average Bonchev–Trinajstić information content (AvgIpc) is 2.85. The van der Waals surface area contributed by atoms with Crippen molar-refractivity contribution in [3.8, 4) is 5.75 Å². The Kier molecular flexibility index (Phi) is 2.80. The number of amides is 1. The lowest BCUT2D eigenvalue weighted by atomic mass is 9.90. The number of carbonyl (C=O) groups is 1. The van der Waals surface area contributed by atoms with Gasteiger partial charge in [-0.25, -0.2) is 0 Å². The molecule has 0 unspecified atom stereocenters. The van der Waals surface area contributed by atoms with Gasteiger partial charge in [0.2, 0.25) is 5.91 Å². The van der Waals surface area contributed by atoms with Crippen molar-refractivity contribution in [3.05, 3.63) is 46.2 Å². The van der Waals surface area contributed by atoms with E-state index in [0.29, 0.717) is 6.42 Å². The Hall–Kier alpha value is -1.81. The second-order valence-electron chi connectivity index (χ2n) is 4.25. The molecule has 0 radical (unpaired) electrons. The highest BCUT2D eigenvalue weighted by Gasteiger charge is 2.29. The summed E-state index contributed by atoms with van der Waals surface area (Å²) < 4.78 is 5.40. The van der Waals surface area contributed by atoms with Gasteiger partial charge in [0, 0.05) is 22.8 Å². The van der Waals surface area contributed by atoms with Gasteiger partial charge in [0.25, 0.3) is 0 Å². The van der Waals surface area contributed by atoms with E-state index in [1.54, 1.807) is 18.4 Å². The van der Waals surface area contributed by atoms with Gasteiger partial charge in [-0.2, -0.15) is 0 Å². The topological polar surface area (TPSA) is 38.3 Å². The zero-order chi connectivity index (χ0) is 12.5. The maximum Gasteiger partial charge on any atom is 0.225 e. The summed E-state index contributed by atoms with van der Waals surface area (Å²) in [5, 5.41) is 4.92. The molecular weight excluding hydrogens is 246 g/mol. The number of hydrogen-bond donors (Lipinski definition) is 1. The molecule has 0 fully saturated rings. The van der Waals surface area contributed by atoms with Gasteiger partial charge in [0.1, 0.15) is 5.75 Å². The molecule has 0 saturated heterocycles. The molecule has 0 spiro atoms. The van der Waals surface area contributed by atoms with Gasteiger partial charge in [-0.3, -0.25) is 4.79 Å². The fourth-order valence-electron chi connectivity index (χ4n) is 2.38. The number of nitrogens with one attached hydrogen (secondary N) is 1. The SMILES string of the molecule is COc1ccccc1[C@H]1CC(=O)Nc2ccsc21. The fraction of sp³-hybridized carbons (Fsp3) is 0.214. The molecule has 1 aliphatic heterocycles. The van der Waals surface area contributed by atoms with Crippen LogP contribution in [-0.4, -0.2) is 13.0 Å². The lowest BCUT2D eigenvalue weighted by Gasteiger charge is -2.24. The molecule has 18 heavy (non-hydrogen) atoms. The van der Waals surface area contributed by atoms with Gasteiger partial charge in [0.05, 0.1) is 12.8 Å². The van der Waals surface area contributed by atoms with E-state index in [1.165, 1.54) is 4.88 Å². The van der Waals surface area contributed by atoms with Gasteiger partial charge in [-0.05, 0) is 17.5 Å². The lowest BCUT2D eigenvalue weighted by Crippen LogP contribution is -2.22. The molecule has 2 heterocycles. The highest BCUT2D eigenvalue weighted by atomic mass is 32.1. The number of methoxy groups -OCH3 is 1. The predicted molar refractivity (Wildman–Crippen MR) is 72.4 cm³/mol. The van der Waals surface area contributed by atoms with Gasteiger partial charge >= 0.3 is 0 Å². The quantitative estimate of drug-likeness (QED) is 0.899. The molecule has 1 aliphatic rings. The fourth-order valence-corrected chi connectivity index (χ4v) is 3.35. The number of carbonyl (C=O) groups excluding carboxylic acids is 1. The van der Waals surface area contributed by atoms with Crippen molar-refractivity contribution in [2.24, 2.45) is 0 Å². The molecule has 92 valence electrons. The second kappa shape index (κ2) is 4.46. The molecule has 1 atom stereocenters. The van der Waals surface area contributed by atoms with Crippen LogP contribution in [0, 0.1) is 0 Å². The number of benzene rings is 1. The van der Waals surface area contributed by atoms with E-state index in [2.05, 4.69) is 5.32 Å². The summed E-state index contributed by atoms with van der Waals surface area (Å²) in [6.45, 7) is 0. The zero-order valence-corrected chi connectivity index (χ0v) is 10.8. The molecular formula is C14H13NO2S. The molecule has 1 aromatic heterocycles. The molecule has 1 amide bonds. The van der Waals surface area contributed by atoms with Gasteiger partial charge < -0.3 is 10.1 Å². The van der Waals surface area contributed by atoms with Crippen LogP contribution in [0.4, 0.5) is 5.69 Å². The molecule has 4 heteroatoms. The van der Waals surface area contributed by atoms with Crippen molar-refractivity contribution >= 4 is 22.9 Å². The molecule has 3 rings (SSSR count). The van der Waals surface area contributed by atoms with Crippen LogP contribution in [0.5, 0.6) is 5.75 Å². The minimum Gasteiger partial charge on any atom is -0.496 e. The number of hydrogen-bond acceptors (Lipinski definition) is 3. The van der Waals surface area contributed by atoms with E-state index >= 15 is 0 Å². The molecule has 2 aromatic rings. The summed E-state index contributed by atoms with van der Waals surface area (Å²) in [5.74, 6) is 1.01. The van der Waals surface area contributed by atoms with Crippen molar-refractivity contribution in [2.45, 2.75) is 12.3 Å². The van der Waals surface area contributed by atoms with Crippen LogP contribution in [0.1, 0.15) is 22.8 Å². The van der Waals surface area contributed by atoms with Gasteiger partial charge in [-0.15, -0.1) is 11.3 Å². The molecule has 0 bridgehead atoms. The predicted octanol–water partition coefficient (Wildman–Crippen LogP) is 3.23. The van der Waals surface area contributed by atoms with Crippen LogP contribution in [0.2, 0.25) is 0 Å². The molecule has 0 saturated carbocycles. The number of para-hydroxylation sites is 1. The maximum atomic E-state index is 11.8. The third-order valence-electron chi connectivity index (χ3n) is 3.19. The molecule has 3 nitrogen and oxygen atoms in total. The first-order chi connectivity index (χ1) is 8.79. The summed E-state index contributed by atoms with van der Waals surface area (Å²) in [6, 6.07) is 9.86. The Morgan fingerprint density at radius 2 is 2.17 bits per heavy atom. The minimum absolute atomic E-state index is 0.0665. The van der Waals surface area contributed by atoms with Crippen LogP contribution in [-0.2, 0) is 4.79 Å². The van der Waals surface area contributed by atoms with Crippen LogP contribution in [0.3, 0.4) is 0 Å². The van der Waals surface area contributed by atoms with Crippen LogP contribution >= 0.6 is 11.3 Å². The van der Waals surface area contributed by atoms with E-state index in [9.17, 15) is 4.79 Å². The third kappa shape index (κ3) is 1.78. The summed E-state index contributed by atoms with van der Waals surface area (Å²) in [7, 11) is 1.66. The second-order valence-corrected chi connectivity index (χ2v) is 5.19. The van der Waals surface area contributed by atoms with Crippen molar-refractivity contribution in [3.63, 3.8) is 0 Å². The monoisotopic (exact) mass is 259 g/mol. The van der Waals surface area contributed by atoms with Gasteiger partial charge in [-0.1, -0.05) is 18.2 Å². The summed E-state index contributed by atoms with van der Waals surface area (Å²) in [5.41, 5.74) is 2.02. The number of anilines is 1. The Bertz CT molecular complexity index is 591. The smallest absolute Gasteiger partial charge is 0.225 e. The summed E-state index contributed by atoms with van der Waals surface area (Å²) in [6.07, 6.45) is 0.480. The van der Waals surface area contributed by atoms with E-state index < -0.39 is 0 Å². The Labute approximate surface area is 109 Å². The van der Waals surface area contributed by atoms with E-state index in [0.717, 1.165) is 17.0 Å². The van der Waals surface area contributed by atoms with Crippen LogP contribution in [0.25, 0.3) is 0 Å².